The van der Waals surface area contributed by atoms with Gasteiger partial charge in [0, 0.05) is 5.56 Å². The van der Waals surface area contributed by atoms with Crippen LogP contribution in [0.2, 0.25) is 0 Å². The molecule has 108 valence electrons. The van der Waals surface area contributed by atoms with Crippen LogP contribution >= 0.6 is 0 Å². The maximum absolute atomic E-state index is 12.6. The molecule has 0 heterocycles. The second-order valence-electron chi connectivity index (χ2n) is 4.48. The van der Waals surface area contributed by atoms with Crippen LogP contribution in [0.5, 0.6) is 0 Å². The van der Waals surface area contributed by atoms with E-state index in [0.29, 0.717) is 17.7 Å². The topological polar surface area (TPSA) is 20.2 Å². The third kappa shape index (κ3) is 2.70. The van der Waals surface area contributed by atoms with E-state index < -0.39 is 23.5 Å². The summed E-state index contributed by atoms with van der Waals surface area (Å²) in [6, 6.07) is 3.58. The molecule has 1 N–H and O–H groups in total. The Kier molecular flexibility index (Phi) is 3.91. The van der Waals surface area contributed by atoms with Crippen LogP contribution < -0.4 is 0 Å². The third-order valence-corrected chi connectivity index (χ3v) is 2.82. The maximum Gasteiger partial charge on any atom is 0.430 e. The molecule has 7 heteroatoms. The molecule has 0 aliphatic rings. The van der Waals surface area contributed by atoms with Crippen LogP contribution in [0.4, 0.5) is 26.3 Å². The summed E-state index contributed by atoms with van der Waals surface area (Å²) in [6.07, 6.45) is -11.7. The second-order valence-corrected chi connectivity index (χ2v) is 4.48. The lowest BCUT2D eigenvalue weighted by atomic mass is 9.90. The van der Waals surface area contributed by atoms with Gasteiger partial charge in [0.15, 0.2) is 0 Å². The molecule has 1 aromatic rings. The first-order chi connectivity index (χ1) is 8.41. The van der Waals surface area contributed by atoms with Crippen molar-refractivity contribution < 1.29 is 31.4 Å². The van der Waals surface area contributed by atoms with E-state index in [2.05, 4.69) is 0 Å². The molecule has 1 aromatic carbocycles. The molecule has 19 heavy (non-hydrogen) atoms. The average Bonchev–Trinajstić information content (AvgIpc) is 2.25. The van der Waals surface area contributed by atoms with E-state index in [4.69, 9.17) is 5.11 Å². The molecular weight excluding hydrogens is 274 g/mol. The van der Waals surface area contributed by atoms with Crippen molar-refractivity contribution in [1.29, 1.82) is 0 Å². The predicted molar refractivity (Wildman–Crippen MR) is 56.5 cm³/mol. The Hall–Kier alpha value is -1.24. The van der Waals surface area contributed by atoms with Gasteiger partial charge in [-0.1, -0.05) is 38.1 Å². The zero-order valence-corrected chi connectivity index (χ0v) is 10.1. The van der Waals surface area contributed by atoms with Crippen LogP contribution in [0, 0.1) is 0 Å². The zero-order valence-electron chi connectivity index (χ0n) is 10.1. The van der Waals surface area contributed by atoms with E-state index >= 15 is 0 Å². The van der Waals surface area contributed by atoms with Crippen LogP contribution in [0.3, 0.4) is 0 Å². The summed E-state index contributed by atoms with van der Waals surface area (Å²) < 4.78 is 75.5. The van der Waals surface area contributed by atoms with Crippen molar-refractivity contribution in [2.24, 2.45) is 0 Å². The van der Waals surface area contributed by atoms with E-state index in [-0.39, 0.29) is 5.92 Å². The smallest absolute Gasteiger partial charge is 0.369 e. The van der Waals surface area contributed by atoms with E-state index in [0.717, 1.165) is 12.1 Å². The van der Waals surface area contributed by atoms with Gasteiger partial charge < -0.3 is 5.11 Å². The molecule has 0 aromatic heterocycles. The highest BCUT2D eigenvalue weighted by molar-refractivity contribution is 5.31. The Morgan fingerprint density at radius 3 is 1.47 bits per heavy atom. The predicted octanol–water partition coefficient (Wildman–Crippen LogP) is 4.12. The van der Waals surface area contributed by atoms with Crippen LogP contribution in [-0.4, -0.2) is 17.5 Å². The fraction of sp³-hybridized carbons (Fsp3) is 0.500. The molecule has 0 saturated carbocycles. The van der Waals surface area contributed by atoms with Crippen molar-refractivity contribution in [2.75, 3.05) is 0 Å². The van der Waals surface area contributed by atoms with Crippen molar-refractivity contribution in [3.05, 3.63) is 35.4 Å². The van der Waals surface area contributed by atoms with Gasteiger partial charge in [-0.05, 0) is 11.5 Å². The van der Waals surface area contributed by atoms with Crippen molar-refractivity contribution in [3.63, 3.8) is 0 Å². The Bertz CT molecular complexity index is 415. The lowest BCUT2D eigenvalue weighted by molar-refractivity contribution is -0.376. The largest absolute Gasteiger partial charge is 0.430 e. The number of aliphatic hydroxyl groups is 1. The highest BCUT2D eigenvalue weighted by atomic mass is 19.4. The summed E-state index contributed by atoms with van der Waals surface area (Å²) in [6.45, 7) is 3.49. The van der Waals surface area contributed by atoms with Gasteiger partial charge in [0.05, 0.1) is 0 Å². The van der Waals surface area contributed by atoms with Gasteiger partial charge in [-0.25, -0.2) is 0 Å². The van der Waals surface area contributed by atoms with Crippen LogP contribution in [0.1, 0.15) is 30.9 Å². The third-order valence-electron chi connectivity index (χ3n) is 2.82. The summed E-state index contributed by atoms with van der Waals surface area (Å²) in [7, 11) is 0. The first-order valence-electron chi connectivity index (χ1n) is 5.37. The summed E-state index contributed by atoms with van der Waals surface area (Å²) in [5.74, 6) is -0.0427. The number of halogens is 6. The number of hydrogen-bond acceptors (Lipinski definition) is 1. The Labute approximate surface area is 105 Å². The molecule has 0 amide bonds. The lowest BCUT2D eigenvalue weighted by Crippen LogP contribution is -2.53. The molecule has 0 bridgehead atoms. The maximum atomic E-state index is 12.6. The highest BCUT2D eigenvalue weighted by Gasteiger charge is 2.71. The van der Waals surface area contributed by atoms with Crippen LogP contribution in [0.15, 0.2) is 24.3 Å². The SMILES string of the molecule is CC(C)c1ccc(C(O)(C(F)(F)F)C(F)(F)F)cc1. The van der Waals surface area contributed by atoms with Gasteiger partial charge in [0.25, 0.3) is 5.60 Å². The summed E-state index contributed by atoms with van der Waals surface area (Å²) in [5, 5.41) is 9.14. The lowest BCUT2D eigenvalue weighted by Gasteiger charge is -2.32. The molecular formula is C12H12F6O. The number of alkyl halides is 6. The van der Waals surface area contributed by atoms with Crippen molar-refractivity contribution in [3.8, 4) is 0 Å². The normalized spacial score (nSPS) is 14.0. The van der Waals surface area contributed by atoms with Gasteiger partial charge in [-0.3, -0.25) is 0 Å². The Morgan fingerprint density at radius 1 is 0.842 bits per heavy atom. The van der Waals surface area contributed by atoms with Crippen molar-refractivity contribution in [1.82, 2.24) is 0 Å². The molecule has 0 atom stereocenters. The zero-order chi connectivity index (χ0) is 15.1. The quantitative estimate of drug-likeness (QED) is 0.811. The van der Waals surface area contributed by atoms with E-state index in [1.165, 1.54) is 0 Å². The highest BCUT2D eigenvalue weighted by Crippen LogP contribution is 2.50. The minimum absolute atomic E-state index is 0.0427. The molecule has 1 rings (SSSR count). The molecule has 0 unspecified atom stereocenters. The Morgan fingerprint density at radius 2 is 1.21 bits per heavy atom. The summed E-state index contributed by atoms with van der Waals surface area (Å²) >= 11 is 0. The second kappa shape index (κ2) is 4.70. The summed E-state index contributed by atoms with van der Waals surface area (Å²) in [5.41, 5.74) is -5.51. The van der Waals surface area contributed by atoms with Gasteiger partial charge in [-0.2, -0.15) is 26.3 Å². The summed E-state index contributed by atoms with van der Waals surface area (Å²) in [4.78, 5) is 0. The Balaban J connectivity index is 3.36. The van der Waals surface area contributed by atoms with Crippen LogP contribution in [-0.2, 0) is 5.60 Å². The average molecular weight is 286 g/mol. The first-order valence-corrected chi connectivity index (χ1v) is 5.37. The van der Waals surface area contributed by atoms with Crippen LogP contribution in [0.25, 0.3) is 0 Å². The number of rotatable bonds is 2. The first kappa shape index (κ1) is 15.8. The molecule has 0 fully saturated rings. The van der Waals surface area contributed by atoms with Gasteiger partial charge in [0.1, 0.15) is 0 Å². The van der Waals surface area contributed by atoms with Crippen molar-refractivity contribution >= 4 is 0 Å². The van der Waals surface area contributed by atoms with E-state index in [9.17, 15) is 26.3 Å². The van der Waals surface area contributed by atoms with E-state index in [1.54, 1.807) is 13.8 Å². The molecule has 1 nitrogen and oxygen atoms in total. The van der Waals surface area contributed by atoms with Gasteiger partial charge >= 0.3 is 12.4 Å². The molecule has 0 radical (unpaired) electrons. The molecule has 0 saturated heterocycles. The van der Waals surface area contributed by atoms with Gasteiger partial charge in [-0.15, -0.1) is 0 Å². The molecule has 0 spiro atoms. The minimum Gasteiger partial charge on any atom is -0.369 e. The fourth-order valence-corrected chi connectivity index (χ4v) is 1.60. The monoisotopic (exact) mass is 286 g/mol. The van der Waals surface area contributed by atoms with Gasteiger partial charge in [0.2, 0.25) is 0 Å². The molecule has 0 aliphatic carbocycles. The standard InChI is InChI=1S/C12H12F6O/c1-7(2)8-3-5-9(6-4-8)10(19,11(13,14)15)12(16,17)18/h3-7,19H,1-2H3. The fourth-order valence-electron chi connectivity index (χ4n) is 1.60. The molecule has 0 aliphatic heterocycles. The number of hydrogen-bond donors (Lipinski definition) is 1. The minimum atomic E-state index is -5.84. The van der Waals surface area contributed by atoms with E-state index in [1.807, 2.05) is 0 Å². The number of benzene rings is 1. The van der Waals surface area contributed by atoms with Crippen molar-refractivity contribution in [2.45, 2.75) is 37.7 Å².